The van der Waals surface area contributed by atoms with Crippen molar-refractivity contribution in [3.05, 3.63) is 16.6 Å². The third-order valence-electron chi connectivity index (χ3n) is 4.29. The van der Waals surface area contributed by atoms with Gasteiger partial charge >= 0.3 is 0 Å². The van der Waals surface area contributed by atoms with Crippen LogP contribution in [0.2, 0.25) is 0 Å². The van der Waals surface area contributed by atoms with E-state index < -0.39 is 0 Å². The summed E-state index contributed by atoms with van der Waals surface area (Å²) in [6, 6.07) is 0.475. The second kappa shape index (κ2) is 7.98. The van der Waals surface area contributed by atoms with Crippen LogP contribution in [0.4, 0.5) is 0 Å². The summed E-state index contributed by atoms with van der Waals surface area (Å²) >= 11 is 1.76. The van der Waals surface area contributed by atoms with Crippen LogP contribution in [0, 0.1) is 0 Å². The van der Waals surface area contributed by atoms with Crippen molar-refractivity contribution in [2.75, 3.05) is 19.6 Å². The molecule has 0 amide bonds. The Morgan fingerprint density at radius 3 is 2.42 bits per heavy atom. The molecule has 0 radical (unpaired) electrons. The molecule has 1 heterocycles. The zero-order valence-corrected chi connectivity index (χ0v) is 13.9. The Bertz CT molecular complexity index is 335. The Hall–Kier alpha value is -0.450. The standard InChI is InChI=1S/C15H29N3S/c1-6-15(5,18(8-3)9-4)14(17-7-2)10-13-11-16-12-19-13/h11-12,14,17H,6-10H2,1-5H3. The van der Waals surface area contributed by atoms with E-state index in [1.54, 1.807) is 11.3 Å². The van der Waals surface area contributed by atoms with Crippen molar-refractivity contribution >= 4 is 11.3 Å². The highest BCUT2D eigenvalue weighted by atomic mass is 32.1. The fourth-order valence-corrected chi connectivity index (χ4v) is 3.58. The van der Waals surface area contributed by atoms with Crippen molar-refractivity contribution in [1.29, 1.82) is 0 Å². The minimum atomic E-state index is 0.198. The van der Waals surface area contributed by atoms with E-state index in [0.29, 0.717) is 6.04 Å². The number of hydrogen-bond acceptors (Lipinski definition) is 4. The highest BCUT2D eigenvalue weighted by Gasteiger charge is 2.36. The molecule has 0 aromatic carbocycles. The smallest absolute Gasteiger partial charge is 0.0794 e. The van der Waals surface area contributed by atoms with Gasteiger partial charge in [0.2, 0.25) is 0 Å². The summed E-state index contributed by atoms with van der Waals surface area (Å²) in [6.45, 7) is 14.6. The van der Waals surface area contributed by atoms with Crippen LogP contribution in [0.5, 0.6) is 0 Å². The molecule has 19 heavy (non-hydrogen) atoms. The number of likely N-dealkylation sites (N-methyl/N-ethyl adjacent to an activating group) is 2. The molecular formula is C15H29N3S. The minimum absolute atomic E-state index is 0.198. The molecular weight excluding hydrogens is 254 g/mol. The predicted octanol–water partition coefficient (Wildman–Crippen LogP) is 3.17. The summed E-state index contributed by atoms with van der Waals surface area (Å²) in [4.78, 5) is 8.16. The molecule has 0 spiro atoms. The van der Waals surface area contributed by atoms with E-state index >= 15 is 0 Å². The molecule has 1 aromatic rings. The third-order valence-corrected chi connectivity index (χ3v) is 5.09. The van der Waals surface area contributed by atoms with Gasteiger partial charge in [-0.2, -0.15) is 0 Å². The summed E-state index contributed by atoms with van der Waals surface area (Å²) in [7, 11) is 0. The quantitative estimate of drug-likeness (QED) is 0.754. The Morgan fingerprint density at radius 2 is 2.00 bits per heavy atom. The van der Waals surface area contributed by atoms with Gasteiger partial charge in [-0.3, -0.25) is 9.88 Å². The van der Waals surface area contributed by atoms with Crippen LogP contribution >= 0.6 is 11.3 Å². The maximum atomic E-state index is 4.21. The number of hydrogen-bond donors (Lipinski definition) is 1. The molecule has 1 aromatic heterocycles. The second-order valence-electron chi connectivity index (χ2n) is 5.17. The predicted molar refractivity (Wildman–Crippen MR) is 84.9 cm³/mol. The molecule has 0 saturated carbocycles. The van der Waals surface area contributed by atoms with Crippen molar-refractivity contribution in [2.45, 2.75) is 59.0 Å². The van der Waals surface area contributed by atoms with Gasteiger partial charge in [0.15, 0.2) is 0 Å². The lowest BCUT2D eigenvalue weighted by Gasteiger charge is -2.46. The van der Waals surface area contributed by atoms with E-state index in [1.807, 2.05) is 11.7 Å². The van der Waals surface area contributed by atoms with Crippen LogP contribution in [0.3, 0.4) is 0 Å². The van der Waals surface area contributed by atoms with Crippen LogP contribution in [-0.2, 0) is 6.42 Å². The van der Waals surface area contributed by atoms with Crippen molar-refractivity contribution in [3.63, 3.8) is 0 Å². The molecule has 2 unspecified atom stereocenters. The van der Waals surface area contributed by atoms with Crippen molar-refractivity contribution in [3.8, 4) is 0 Å². The Labute approximate surface area is 122 Å². The summed E-state index contributed by atoms with van der Waals surface area (Å²) < 4.78 is 0. The zero-order valence-electron chi connectivity index (χ0n) is 13.1. The van der Waals surface area contributed by atoms with Gasteiger partial charge in [0.05, 0.1) is 5.51 Å². The van der Waals surface area contributed by atoms with E-state index in [2.05, 4.69) is 49.8 Å². The van der Waals surface area contributed by atoms with E-state index in [0.717, 1.165) is 32.5 Å². The first-order valence-electron chi connectivity index (χ1n) is 7.48. The molecule has 2 atom stereocenters. The SMILES string of the molecule is CCNC(Cc1cncs1)C(C)(CC)N(CC)CC. The molecule has 110 valence electrons. The lowest BCUT2D eigenvalue weighted by molar-refractivity contribution is 0.0709. The number of thiazole rings is 1. The van der Waals surface area contributed by atoms with Gasteiger partial charge < -0.3 is 5.32 Å². The summed E-state index contributed by atoms with van der Waals surface area (Å²) in [5.74, 6) is 0. The van der Waals surface area contributed by atoms with Crippen LogP contribution in [0.25, 0.3) is 0 Å². The highest BCUT2D eigenvalue weighted by molar-refractivity contribution is 7.09. The highest BCUT2D eigenvalue weighted by Crippen LogP contribution is 2.26. The Kier molecular flexibility index (Phi) is 6.97. The molecule has 0 saturated heterocycles. The second-order valence-corrected chi connectivity index (χ2v) is 6.14. The maximum absolute atomic E-state index is 4.21. The van der Waals surface area contributed by atoms with Gasteiger partial charge in [-0.1, -0.05) is 27.7 Å². The molecule has 1 rings (SSSR count). The van der Waals surface area contributed by atoms with Crippen LogP contribution in [0.15, 0.2) is 11.7 Å². The zero-order chi connectivity index (χ0) is 14.3. The van der Waals surface area contributed by atoms with Crippen LogP contribution < -0.4 is 5.32 Å². The van der Waals surface area contributed by atoms with Gasteiger partial charge in [0.1, 0.15) is 0 Å². The van der Waals surface area contributed by atoms with E-state index in [-0.39, 0.29) is 5.54 Å². The molecule has 3 nitrogen and oxygen atoms in total. The fourth-order valence-electron chi connectivity index (χ4n) is 2.94. The van der Waals surface area contributed by atoms with Gasteiger partial charge in [0, 0.05) is 29.1 Å². The van der Waals surface area contributed by atoms with Gasteiger partial charge in [-0.05, 0) is 33.0 Å². The first-order chi connectivity index (χ1) is 9.12. The monoisotopic (exact) mass is 283 g/mol. The molecule has 0 aliphatic heterocycles. The number of rotatable bonds is 9. The summed E-state index contributed by atoms with van der Waals surface area (Å²) in [5, 5.41) is 3.70. The molecule has 0 fully saturated rings. The lowest BCUT2D eigenvalue weighted by Crippen LogP contribution is -2.60. The molecule has 0 aliphatic carbocycles. The maximum Gasteiger partial charge on any atom is 0.0794 e. The Morgan fingerprint density at radius 1 is 1.32 bits per heavy atom. The van der Waals surface area contributed by atoms with Gasteiger partial charge in [-0.15, -0.1) is 11.3 Å². The minimum Gasteiger partial charge on any atom is -0.312 e. The average molecular weight is 283 g/mol. The van der Waals surface area contributed by atoms with E-state index in [9.17, 15) is 0 Å². The first-order valence-corrected chi connectivity index (χ1v) is 8.36. The fraction of sp³-hybridized carbons (Fsp3) is 0.800. The van der Waals surface area contributed by atoms with Gasteiger partial charge in [0.25, 0.3) is 0 Å². The number of aromatic nitrogens is 1. The van der Waals surface area contributed by atoms with Crippen molar-refractivity contribution < 1.29 is 0 Å². The van der Waals surface area contributed by atoms with Crippen LogP contribution in [-0.4, -0.2) is 41.1 Å². The largest absolute Gasteiger partial charge is 0.312 e. The molecule has 0 aliphatic rings. The molecule has 0 bridgehead atoms. The average Bonchev–Trinajstić information content (AvgIpc) is 2.92. The van der Waals surface area contributed by atoms with Crippen molar-refractivity contribution in [2.24, 2.45) is 0 Å². The van der Waals surface area contributed by atoms with Gasteiger partial charge in [-0.25, -0.2) is 0 Å². The topological polar surface area (TPSA) is 28.2 Å². The molecule has 1 N–H and O–H groups in total. The number of nitrogens with zero attached hydrogens (tertiary/aromatic N) is 2. The summed E-state index contributed by atoms with van der Waals surface area (Å²) in [6.07, 6.45) is 4.23. The number of nitrogens with one attached hydrogen (secondary N) is 1. The van der Waals surface area contributed by atoms with Crippen molar-refractivity contribution in [1.82, 2.24) is 15.2 Å². The normalized spacial score (nSPS) is 16.5. The van der Waals surface area contributed by atoms with Crippen LogP contribution in [0.1, 0.15) is 45.9 Å². The summed E-state index contributed by atoms with van der Waals surface area (Å²) in [5.41, 5.74) is 2.13. The first kappa shape index (κ1) is 16.6. The Balaban J connectivity index is 2.92. The van der Waals surface area contributed by atoms with E-state index in [1.165, 1.54) is 4.88 Å². The third kappa shape index (κ3) is 4.01. The lowest BCUT2D eigenvalue weighted by atomic mass is 9.84. The van der Waals surface area contributed by atoms with E-state index in [4.69, 9.17) is 0 Å². The molecule has 4 heteroatoms.